The molecule has 0 bridgehead atoms. The van der Waals surface area contributed by atoms with Crippen LogP contribution in [0.15, 0.2) is 24.3 Å². The quantitative estimate of drug-likeness (QED) is 0.813. The molecule has 1 aromatic heterocycles. The first-order valence-electron chi connectivity index (χ1n) is 7.41. The number of aromatic nitrogens is 2. The third-order valence-electron chi connectivity index (χ3n) is 4.01. The zero-order chi connectivity index (χ0) is 13.8. The number of rotatable bonds is 5. The lowest BCUT2D eigenvalue weighted by Gasteiger charge is -2.32. The zero-order valence-corrected chi connectivity index (χ0v) is 12.1. The predicted octanol–water partition coefficient (Wildman–Crippen LogP) is 1.61. The molecule has 0 amide bonds. The van der Waals surface area contributed by atoms with Gasteiger partial charge in [0.2, 0.25) is 0 Å². The Bertz CT molecular complexity index is 542. The zero-order valence-electron chi connectivity index (χ0n) is 12.1. The summed E-state index contributed by atoms with van der Waals surface area (Å²) in [7, 11) is 2.20. The second-order valence-electron chi connectivity index (χ2n) is 5.54. The van der Waals surface area contributed by atoms with Crippen molar-refractivity contribution in [2.75, 3.05) is 51.6 Å². The summed E-state index contributed by atoms with van der Waals surface area (Å²) < 4.78 is 0. The van der Waals surface area contributed by atoms with Gasteiger partial charge in [0.25, 0.3) is 0 Å². The molecule has 0 aliphatic carbocycles. The SMILES string of the molecule is CN1CCN(CCCNc2n[nH]c3ccccc23)CC1. The van der Waals surface area contributed by atoms with Crippen LogP contribution in [-0.4, -0.2) is 66.3 Å². The van der Waals surface area contributed by atoms with Crippen LogP contribution in [0.25, 0.3) is 10.9 Å². The molecule has 2 N–H and O–H groups in total. The molecule has 1 aromatic carbocycles. The first-order chi connectivity index (χ1) is 9.83. The lowest BCUT2D eigenvalue weighted by Crippen LogP contribution is -2.44. The van der Waals surface area contributed by atoms with Crippen molar-refractivity contribution in [2.45, 2.75) is 6.42 Å². The lowest BCUT2D eigenvalue weighted by molar-refractivity contribution is 0.154. The maximum absolute atomic E-state index is 4.33. The Balaban J connectivity index is 1.44. The minimum absolute atomic E-state index is 0.971. The van der Waals surface area contributed by atoms with Gasteiger partial charge in [-0.05, 0) is 32.1 Å². The summed E-state index contributed by atoms with van der Waals surface area (Å²) in [6.07, 6.45) is 1.16. The standard InChI is InChI=1S/C15H23N5/c1-19-9-11-20(12-10-19)8-4-7-16-15-13-5-2-3-6-14(13)17-18-15/h2-3,5-6H,4,7-12H2,1H3,(H2,16,17,18). The van der Waals surface area contributed by atoms with E-state index in [9.17, 15) is 0 Å². The number of nitrogens with zero attached hydrogens (tertiary/aromatic N) is 3. The Kier molecular flexibility index (Phi) is 4.18. The van der Waals surface area contributed by atoms with E-state index in [1.54, 1.807) is 0 Å². The first-order valence-corrected chi connectivity index (χ1v) is 7.41. The highest BCUT2D eigenvalue weighted by molar-refractivity contribution is 5.89. The number of para-hydroxylation sites is 1. The van der Waals surface area contributed by atoms with Crippen LogP contribution in [-0.2, 0) is 0 Å². The topological polar surface area (TPSA) is 47.2 Å². The number of nitrogens with one attached hydrogen (secondary N) is 2. The average molecular weight is 273 g/mol. The molecule has 108 valence electrons. The van der Waals surface area contributed by atoms with Gasteiger partial charge in [-0.15, -0.1) is 0 Å². The molecule has 0 saturated carbocycles. The van der Waals surface area contributed by atoms with E-state index in [4.69, 9.17) is 0 Å². The minimum atomic E-state index is 0.971. The van der Waals surface area contributed by atoms with Gasteiger partial charge in [0, 0.05) is 38.1 Å². The molecular formula is C15H23N5. The summed E-state index contributed by atoms with van der Waals surface area (Å²) >= 11 is 0. The Morgan fingerprint density at radius 1 is 1.20 bits per heavy atom. The van der Waals surface area contributed by atoms with E-state index in [0.29, 0.717) is 0 Å². The number of anilines is 1. The Hall–Kier alpha value is -1.59. The molecule has 1 aliphatic rings. The van der Waals surface area contributed by atoms with E-state index in [0.717, 1.165) is 24.3 Å². The molecule has 3 rings (SSSR count). The Morgan fingerprint density at radius 3 is 2.85 bits per heavy atom. The van der Waals surface area contributed by atoms with E-state index in [-0.39, 0.29) is 0 Å². The van der Waals surface area contributed by atoms with Crippen LogP contribution in [0.4, 0.5) is 5.82 Å². The third kappa shape index (κ3) is 3.11. The van der Waals surface area contributed by atoms with Crippen molar-refractivity contribution in [2.24, 2.45) is 0 Å². The summed E-state index contributed by atoms with van der Waals surface area (Å²) in [6, 6.07) is 8.23. The number of likely N-dealkylation sites (N-methyl/N-ethyl adjacent to an activating group) is 1. The van der Waals surface area contributed by atoms with Gasteiger partial charge in [-0.1, -0.05) is 12.1 Å². The van der Waals surface area contributed by atoms with Crippen molar-refractivity contribution >= 4 is 16.7 Å². The summed E-state index contributed by atoms with van der Waals surface area (Å²) in [5.41, 5.74) is 1.09. The van der Waals surface area contributed by atoms with Crippen molar-refractivity contribution in [3.8, 4) is 0 Å². The summed E-state index contributed by atoms with van der Waals surface area (Å²) in [6.45, 7) is 6.92. The molecule has 0 radical (unpaired) electrons. The van der Waals surface area contributed by atoms with Gasteiger partial charge in [-0.2, -0.15) is 5.10 Å². The number of aromatic amines is 1. The van der Waals surface area contributed by atoms with E-state index in [1.807, 2.05) is 12.1 Å². The molecule has 20 heavy (non-hydrogen) atoms. The third-order valence-corrected chi connectivity index (χ3v) is 4.01. The Labute approximate surface area is 119 Å². The fourth-order valence-electron chi connectivity index (χ4n) is 2.68. The molecule has 1 fully saturated rings. The predicted molar refractivity (Wildman–Crippen MR) is 83.1 cm³/mol. The number of benzene rings is 1. The van der Waals surface area contributed by atoms with Crippen LogP contribution in [0.5, 0.6) is 0 Å². The van der Waals surface area contributed by atoms with Crippen molar-refractivity contribution in [3.05, 3.63) is 24.3 Å². The van der Waals surface area contributed by atoms with Gasteiger partial charge >= 0.3 is 0 Å². The second-order valence-corrected chi connectivity index (χ2v) is 5.54. The maximum Gasteiger partial charge on any atom is 0.155 e. The molecule has 0 spiro atoms. The van der Waals surface area contributed by atoms with Crippen molar-refractivity contribution in [3.63, 3.8) is 0 Å². The molecule has 2 aromatic rings. The summed E-state index contributed by atoms with van der Waals surface area (Å²) in [5.74, 6) is 0.971. The van der Waals surface area contributed by atoms with Gasteiger partial charge in [0.1, 0.15) is 0 Å². The minimum Gasteiger partial charge on any atom is -0.368 e. The van der Waals surface area contributed by atoms with Crippen molar-refractivity contribution < 1.29 is 0 Å². The molecular weight excluding hydrogens is 250 g/mol. The molecule has 0 atom stereocenters. The number of piperazine rings is 1. The van der Waals surface area contributed by atoms with Gasteiger partial charge < -0.3 is 15.1 Å². The van der Waals surface area contributed by atoms with Crippen molar-refractivity contribution in [1.29, 1.82) is 0 Å². The highest BCUT2D eigenvalue weighted by Crippen LogP contribution is 2.19. The van der Waals surface area contributed by atoms with Crippen LogP contribution >= 0.6 is 0 Å². The maximum atomic E-state index is 4.33. The molecule has 5 heteroatoms. The fourth-order valence-corrected chi connectivity index (χ4v) is 2.68. The normalized spacial score (nSPS) is 17.6. The van der Waals surface area contributed by atoms with E-state index >= 15 is 0 Å². The summed E-state index contributed by atoms with van der Waals surface area (Å²) in [4.78, 5) is 4.94. The fraction of sp³-hybridized carbons (Fsp3) is 0.533. The van der Waals surface area contributed by atoms with E-state index in [2.05, 4.69) is 44.5 Å². The number of hydrogen-bond donors (Lipinski definition) is 2. The molecule has 2 heterocycles. The smallest absolute Gasteiger partial charge is 0.155 e. The largest absolute Gasteiger partial charge is 0.368 e. The van der Waals surface area contributed by atoms with Crippen LogP contribution in [0.3, 0.4) is 0 Å². The van der Waals surface area contributed by atoms with E-state index < -0.39 is 0 Å². The lowest BCUT2D eigenvalue weighted by atomic mass is 10.2. The van der Waals surface area contributed by atoms with Crippen molar-refractivity contribution in [1.82, 2.24) is 20.0 Å². The van der Waals surface area contributed by atoms with Gasteiger partial charge in [-0.3, -0.25) is 5.10 Å². The van der Waals surface area contributed by atoms with Gasteiger partial charge in [-0.25, -0.2) is 0 Å². The number of H-pyrrole nitrogens is 1. The molecule has 1 saturated heterocycles. The van der Waals surface area contributed by atoms with Crippen LogP contribution in [0, 0.1) is 0 Å². The van der Waals surface area contributed by atoms with Crippen LogP contribution < -0.4 is 5.32 Å². The summed E-state index contributed by atoms with van der Waals surface area (Å²) in [5, 5.41) is 12.0. The highest BCUT2D eigenvalue weighted by atomic mass is 15.2. The molecule has 1 aliphatic heterocycles. The highest BCUT2D eigenvalue weighted by Gasteiger charge is 2.12. The van der Waals surface area contributed by atoms with Crippen LogP contribution in [0.1, 0.15) is 6.42 Å². The average Bonchev–Trinajstić information content (AvgIpc) is 2.89. The Morgan fingerprint density at radius 2 is 2.00 bits per heavy atom. The van der Waals surface area contributed by atoms with E-state index in [1.165, 1.54) is 38.1 Å². The van der Waals surface area contributed by atoms with Gasteiger partial charge in [0.05, 0.1) is 5.52 Å². The number of hydrogen-bond acceptors (Lipinski definition) is 4. The van der Waals surface area contributed by atoms with Gasteiger partial charge in [0.15, 0.2) is 5.82 Å². The number of fused-ring (bicyclic) bond motifs is 1. The second kappa shape index (κ2) is 6.24. The molecule has 5 nitrogen and oxygen atoms in total. The first kappa shape index (κ1) is 13.4. The monoisotopic (exact) mass is 273 g/mol. The van der Waals surface area contributed by atoms with Crippen LogP contribution in [0.2, 0.25) is 0 Å². The molecule has 0 unspecified atom stereocenters.